The summed E-state index contributed by atoms with van der Waals surface area (Å²) in [4.78, 5) is 40.6. The predicted octanol–water partition coefficient (Wildman–Crippen LogP) is 1.25. The van der Waals surface area contributed by atoms with Gasteiger partial charge >= 0.3 is 5.97 Å². The van der Waals surface area contributed by atoms with Crippen molar-refractivity contribution in [2.45, 2.75) is 20.1 Å². The van der Waals surface area contributed by atoms with Crippen LogP contribution >= 0.6 is 0 Å². The van der Waals surface area contributed by atoms with Crippen LogP contribution in [0.2, 0.25) is 0 Å². The Morgan fingerprint density at radius 3 is 2.70 bits per heavy atom. The minimum absolute atomic E-state index is 0.000382. The number of ether oxygens (including phenoxy) is 1. The van der Waals surface area contributed by atoms with E-state index in [0.717, 1.165) is 10.1 Å². The maximum absolute atomic E-state index is 12.6. The number of phenols is 1. The van der Waals surface area contributed by atoms with Crippen LogP contribution in [0.1, 0.15) is 21.7 Å². The number of primary amides is 1. The van der Waals surface area contributed by atoms with E-state index >= 15 is 0 Å². The molecule has 0 aliphatic carbocycles. The van der Waals surface area contributed by atoms with Gasteiger partial charge in [-0.15, -0.1) is 0 Å². The highest BCUT2D eigenvalue weighted by molar-refractivity contribution is 5.92. The van der Waals surface area contributed by atoms with Crippen molar-refractivity contribution in [3.8, 4) is 5.75 Å². The average molecular weight is 367 g/mol. The molecule has 3 rings (SSSR count). The lowest BCUT2D eigenvalue weighted by Crippen LogP contribution is -2.32. The van der Waals surface area contributed by atoms with Gasteiger partial charge in [0.15, 0.2) is 5.82 Å². The smallest absolute Gasteiger partial charge is 0.342 e. The van der Waals surface area contributed by atoms with Crippen LogP contribution in [0.5, 0.6) is 5.75 Å². The number of esters is 1. The number of aromatic nitrogens is 2. The van der Waals surface area contributed by atoms with Gasteiger partial charge < -0.3 is 15.6 Å². The molecule has 27 heavy (non-hydrogen) atoms. The molecule has 1 aromatic heterocycles. The van der Waals surface area contributed by atoms with E-state index in [1.165, 1.54) is 12.1 Å². The molecule has 0 aliphatic heterocycles. The molecule has 0 saturated carbocycles. The molecule has 0 bridgehead atoms. The third-order valence-electron chi connectivity index (χ3n) is 3.96. The van der Waals surface area contributed by atoms with E-state index in [9.17, 15) is 19.5 Å². The van der Waals surface area contributed by atoms with Crippen molar-refractivity contribution in [2.75, 3.05) is 0 Å². The molecule has 0 spiro atoms. The molecule has 0 saturated heterocycles. The fraction of sp³-hybridized carbons (Fsp3) is 0.158. The summed E-state index contributed by atoms with van der Waals surface area (Å²) in [7, 11) is 0. The number of benzene rings is 2. The number of aromatic hydroxyl groups is 1. The quantitative estimate of drug-likeness (QED) is 0.654. The van der Waals surface area contributed by atoms with Crippen molar-refractivity contribution in [3.05, 3.63) is 69.8 Å². The molecular formula is C19H17N3O5. The number of aryl methyl sites for hydroxylation is 1. The molecule has 0 unspecified atom stereocenters. The second-order valence-electron chi connectivity index (χ2n) is 6.00. The zero-order valence-electron chi connectivity index (χ0n) is 14.5. The van der Waals surface area contributed by atoms with Gasteiger partial charge in [0.2, 0.25) is 5.91 Å². The SMILES string of the molecule is Cc1ccc(O)c(C(=O)OCc2nc3ccccc3c(=O)n2CC(N)=O)c1. The first-order valence-corrected chi connectivity index (χ1v) is 8.10. The minimum Gasteiger partial charge on any atom is -0.507 e. The Bertz CT molecular complexity index is 1100. The summed E-state index contributed by atoms with van der Waals surface area (Å²) in [5.74, 6) is -1.63. The molecule has 8 nitrogen and oxygen atoms in total. The summed E-state index contributed by atoms with van der Waals surface area (Å²) < 4.78 is 6.28. The highest BCUT2D eigenvalue weighted by Gasteiger charge is 2.17. The number of carbonyl (C=O) groups is 2. The third-order valence-corrected chi connectivity index (χ3v) is 3.96. The van der Waals surface area contributed by atoms with Gasteiger partial charge in [0.25, 0.3) is 5.56 Å². The maximum atomic E-state index is 12.6. The number of hydrogen-bond donors (Lipinski definition) is 2. The van der Waals surface area contributed by atoms with Gasteiger partial charge in [-0.2, -0.15) is 0 Å². The lowest BCUT2D eigenvalue weighted by atomic mass is 10.1. The number of nitrogens with two attached hydrogens (primary N) is 1. The molecule has 3 aromatic rings. The Labute approximate surface area is 153 Å². The Morgan fingerprint density at radius 1 is 1.22 bits per heavy atom. The maximum Gasteiger partial charge on any atom is 0.342 e. The second-order valence-corrected chi connectivity index (χ2v) is 6.00. The lowest BCUT2D eigenvalue weighted by Gasteiger charge is -2.13. The molecule has 1 heterocycles. The highest BCUT2D eigenvalue weighted by atomic mass is 16.5. The molecule has 2 aromatic carbocycles. The van der Waals surface area contributed by atoms with E-state index in [-0.39, 0.29) is 30.3 Å². The Kier molecular flexibility index (Phi) is 4.89. The van der Waals surface area contributed by atoms with Crippen molar-refractivity contribution in [2.24, 2.45) is 5.73 Å². The first kappa shape index (κ1) is 18.1. The van der Waals surface area contributed by atoms with Crippen LogP contribution in [0.15, 0.2) is 47.3 Å². The highest BCUT2D eigenvalue weighted by Crippen LogP contribution is 2.19. The zero-order valence-corrected chi connectivity index (χ0v) is 14.5. The van der Waals surface area contributed by atoms with Crippen molar-refractivity contribution in [1.29, 1.82) is 0 Å². The van der Waals surface area contributed by atoms with E-state index in [1.54, 1.807) is 37.3 Å². The number of phenolic OH excluding ortho intramolecular Hbond substituents is 1. The van der Waals surface area contributed by atoms with Gasteiger partial charge in [-0.05, 0) is 31.2 Å². The summed E-state index contributed by atoms with van der Waals surface area (Å²) in [5, 5.41) is 10.2. The summed E-state index contributed by atoms with van der Waals surface area (Å²) >= 11 is 0. The number of fused-ring (bicyclic) bond motifs is 1. The van der Waals surface area contributed by atoms with Gasteiger partial charge in [0, 0.05) is 0 Å². The van der Waals surface area contributed by atoms with Crippen molar-refractivity contribution in [1.82, 2.24) is 9.55 Å². The van der Waals surface area contributed by atoms with Crippen LogP contribution in [0.4, 0.5) is 0 Å². The minimum atomic E-state index is -0.774. The van der Waals surface area contributed by atoms with Crippen molar-refractivity contribution < 1.29 is 19.4 Å². The second kappa shape index (κ2) is 7.28. The largest absolute Gasteiger partial charge is 0.507 e. The molecule has 0 fully saturated rings. The van der Waals surface area contributed by atoms with E-state index in [1.807, 2.05) is 0 Å². The normalized spacial score (nSPS) is 10.7. The predicted molar refractivity (Wildman–Crippen MR) is 97.2 cm³/mol. The van der Waals surface area contributed by atoms with E-state index in [4.69, 9.17) is 10.5 Å². The van der Waals surface area contributed by atoms with E-state index in [0.29, 0.717) is 10.9 Å². The van der Waals surface area contributed by atoms with Crippen LogP contribution in [0, 0.1) is 6.92 Å². The number of carbonyl (C=O) groups excluding carboxylic acids is 2. The van der Waals surface area contributed by atoms with Crippen LogP contribution in [-0.4, -0.2) is 26.5 Å². The first-order chi connectivity index (χ1) is 12.9. The van der Waals surface area contributed by atoms with E-state index in [2.05, 4.69) is 4.98 Å². The summed E-state index contributed by atoms with van der Waals surface area (Å²) in [5.41, 5.74) is 5.95. The average Bonchev–Trinajstić information content (AvgIpc) is 2.64. The fourth-order valence-corrected chi connectivity index (χ4v) is 2.66. The van der Waals surface area contributed by atoms with Crippen LogP contribution in [0.3, 0.4) is 0 Å². The first-order valence-electron chi connectivity index (χ1n) is 8.10. The summed E-state index contributed by atoms with van der Waals surface area (Å²) in [6.07, 6.45) is 0. The van der Waals surface area contributed by atoms with Crippen LogP contribution < -0.4 is 11.3 Å². The molecule has 138 valence electrons. The lowest BCUT2D eigenvalue weighted by molar-refractivity contribution is -0.118. The van der Waals surface area contributed by atoms with Gasteiger partial charge in [-0.25, -0.2) is 9.78 Å². The van der Waals surface area contributed by atoms with Crippen LogP contribution in [-0.2, 0) is 22.7 Å². The number of rotatable bonds is 5. The topological polar surface area (TPSA) is 125 Å². The van der Waals surface area contributed by atoms with Gasteiger partial charge in [0.1, 0.15) is 24.5 Å². The molecular weight excluding hydrogens is 350 g/mol. The molecule has 0 aliphatic rings. The fourth-order valence-electron chi connectivity index (χ4n) is 2.66. The van der Waals surface area contributed by atoms with Gasteiger partial charge in [-0.1, -0.05) is 23.8 Å². The standard InChI is InChI=1S/C19H17N3O5/c1-11-6-7-15(23)13(8-11)19(26)27-10-17-21-14-5-3-2-4-12(14)18(25)22(17)9-16(20)24/h2-8,23H,9-10H2,1H3,(H2,20,24). The number of amides is 1. The Hall–Kier alpha value is -3.68. The summed E-state index contributed by atoms with van der Waals surface area (Å²) in [6.45, 7) is 1.02. The number of para-hydroxylation sites is 1. The monoisotopic (exact) mass is 367 g/mol. The molecule has 0 atom stereocenters. The van der Waals surface area contributed by atoms with Crippen molar-refractivity contribution in [3.63, 3.8) is 0 Å². The molecule has 3 N–H and O–H groups in total. The Morgan fingerprint density at radius 2 is 1.96 bits per heavy atom. The zero-order chi connectivity index (χ0) is 19.6. The third kappa shape index (κ3) is 3.79. The molecule has 1 amide bonds. The van der Waals surface area contributed by atoms with Gasteiger partial charge in [0.05, 0.1) is 10.9 Å². The molecule has 8 heteroatoms. The molecule has 0 radical (unpaired) electrons. The van der Waals surface area contributed by atoms with E-state index < -0.39 is 17.4 Å². The summed E-state index contributed by atoms with van der Waals surface area (Å²) in [6, 6.07) is 11.2. The number of hydrogen-bond acceptors (Lipinski definition) is 6. The van der Waals surface area contributed by atoms with Crippen LogP contribution in [0.25, 0.3) is 10.9 Å². The van der Waals surface area contributed by atoms with Crippen molar-refractivity contribution >= 4 is 22.8 Å². The van der Waals surface area contributed by atoms with Gasteiger partial charge in [-0.3, -0.25) is 14.2 Å². The Balaban J connectivity index is 1.96. The number of nitrogens with zero attached hydrogens (tertiary/aromatic N) is 2.